The van der Waals surface area contributed by atoms with E-state index in [0.717, 1.165) is 0 Å². The molecule has 6 nitrogen and oxygen atoms in total. The van der Waals surface area contributed by atoms with Gasteiger partial charge in [0.15, 0.2) is 0 Å². The minimum absolute atomic E-state index is 0.0534. The molecule has 0 aliphatic carbocycles. The van der Waals surface area contributed by atoms with Crippen molar-refractivity contribution in [3.63, 3.8) is 0 Å². The van der Waals surface area contributed by atoms with Gasteiger partial charge in [-0.25, -0.2) is 13.1 Å². The lowest BCUT2D eigenvalue weighted by Gasteiger charge is -2.12. The Morgan fingerprint density at radius 2 is 2.00 bits per heavy atom. The molecule has 1 aromatic rings. The zero-order valence-corrected chi connectivity index (χ0v) is 13.3. The topological polar surface area (TPSA) is 80.6 Å². The van der Waals surface area contributed by atoms with Crippen molar-refractivity contribution in [3.05, 3.63) is 17.9 Å². The fourth-order valence-electron chi connectivity index (χ4n) is 1.58. The van der Waals surface area contributed by atoms with E-state index in [9.17, 15) is 8.42 Å². The lowest BCUT2D eigenvalue weighted by molar-refractivity contribution is 0.188. The van der Waals surface area contributed by atoms with Crippen molar-refractivity contribution in [2.75, 3.05) is 13.7 Å². The van der Waals surface area contributed by atoms with Crippen LogP contribution in [-0.2, 0) is 21.3 Å². The molecule has 0 aliphatic rings. The quantitative estimate of drug-likeness (QED) is 0.722. The number of hydrogen-bond acceptors (Lipinski definition) is 5. The molecule has 0 aliphatic heterocycles. The van der Waals surface area contributed by atoms with Gasteiger partial charge in [-0.1, -0.05) is 13.8 Å². The van der Waals surface area contributed by atoms with Crippen molar-refractivity contribution in [3.8, 4) is 0 Å². The molecule has 1 atom stereocenters. The Hall–Kier alpha value is -0.890. The maximum Gasteiger partial charge on any atom is 0.274 e. The van der Waals surface area contributed by atoms with Crippen molar-refractivity contribution in [2.45, 2.75) is 50.9 Å². The van der Waals surface area contributed by atoms with Crippen molar-refractivity contribution in [2.24, 2.45) is 0 Å². The third kappa shape index (κ3) is 5.62. The molecule has 20 heavy (non-hydrogen) atoms. The number of furan rings is 1. The van der Waals surface area contributed by atoms with E-state index < -0.39 is 10.0 Å². The first-order valence-electron chi connectivity index (χ1n) is 6.68. The van der Waals surface area contributed by atoms with Gasteiger partial charge >= 0.3 is 0 Å². The molecule has 0 aromatic carbocycles. The lowest BCUT2D eigenvalue weighted by Crippen LogP contribution is -2.33. The number of methoxy groups -OCH3 is 1. The van der Waals surface area contributed by atoms with Gasteiger partial charge in [-0.3, -0.25) is 0 Å². The summed E-state index contributed by atoms with van der Waals surface area (Å²) in [6.07, 6.45) is 0.609. The summed E-state index contributed by atoms with van der Waals surface area (Å²) in [4.78, 5) is 0. The zero-order valence-electron chi connectivity index (χ0n) is 12.5. The third-order valence-electron chi connectivity index (χ3n) is 2.70. The van der Waals surface area contributed by atoms with Crippen LogP contribution in [0.5, 0.6) is 0 Å². The number of rotatable bonds is 9. The Balaban J connectivity index is 2.63. The van der Waals surface area contributed by atoms with Crippen LogP contribution < -0.4 is 10.0 Å². The molecule has 0 radical (unpaired) electrons. The Morgan fingerprint density at radius 3 is 2.60 bits per heavy atom. The largest absolute Gasteiger partial charge is 0.447 e. The van der Waals surface area contributed by atoms with Crippen LogP contribution in [0.1, 0.15) is 33.0 Å². The second kappa shape index (κ2) is 7.78. The van der Waals surface area contributed by atoms with E-state index in [1.54, 1.807) is 20.1 Å². The highest BCUT2D eigenvalue weighted by atomic mass is 32.2. The summed E-state index contributed by atoms with van der Waals surface area (Å²) in [6, 6.07) is 3.25. The van der Waals surface area contributed by atoms with E-state index >= 15 is 0 Å². The summed E-state index contributed by atoms with van der Waals surface area (Å²) in [5, 5.41) is 3.12. The van der Waals surface area contributed by atoms with E-state index in [-0.39, 0.29) is 11.1 Å². The third-order valence-corrected chi connectivity index (χ3v) is 4.16. The summed E-state index contributed by atoms with van der Waals surface area (Å²) in [5.74, 6) is 0.601. The van der Waals surface area contributed by atoms with Crippen LogP contribution in [0.25, 0.3) is 0 Å². The Bertz CT molecular complexity index is 496. The van der Waals surface area contributed by atoms with Crippen LogP contribution in [0.15, 0.2) is 21.6 Å². The van der Waals surface area contributed by atoms with Gasteiger partial charge in [0.2, 0.25) is 5.09 Å². The van der Waals surface area contributed by atoms with Gasteiger partial charge in [-0.05, 0) is 25.5 Å². The number of nitrogens with one attached hydrogen (secondary N) is 2. The lowest BCUT2D eigenvalue weighted by atomic mass is 10.3. The van der Waals surface area contributed by atoms with Crippen LogP contribution in [0.2, 0.25) is 0 Å². The fourth-order valence-corrected chi connectivity index (χ4v) is 2.81. The molecule has 0 saturated carbocycles. The number of ether oxygens (including phenoxy) is 1. The molecule has 1 aromatic heterocycles. The van der Waals surface area contributed by atoms with Gasteiger partial charge in [-0.2, -0.15) is 0 Å². The second-order valence-electron chi connectivity index (χ2n) is 5.06. The minimum atomic E-state index is -3.61. The van der Waals surface area contributed by atoms with E-state index in [2.05, 4.69) is 10.0 Å². The molecule has 0 spiro atoms. The maximum absolute atomic E-state index is 12.1. The van der Waals surface area contributed by atoms with Crippen LogP contribution >= 0.6 is 0 Å². The van der Waals surface area contributed by atoms with E-state index in [0.29, 0.717) is 31.4 Å². The second-order valence-corrected chi connectivity index (χ2v) is 6.71. The molecule has 116 valence electrons. The molecule has 1 heterocycles. The Labute approximate surface area is 120 Å². The molecular formula is C13H24N2O4S. The molecule has 0 amide bonds. The molecule has 7 heteroatoms. The molecule has 2 N–H and O–H groups in total. The van der Waals surface area contributed by atoms with Crippen molar-refractivity contribution >= 4 is 10.0 Å². The van der Waals surface area contributed by atoms with Gasteiger partial charge < -0.3 is 14.5 Å². The molecule has 0 saturated heterocycles. The van der Waals surface area contributed by atoms with Crippen molar-refractivity contribution in [1.29, 1.82) is 0 Å². The molecule has 1 rings (SSSR count). The van der Waals surface area contributed by atoms with Gasteiger partial charge in [-0.15, -0.1) is 0 Å². The van der Waals surface area contributed by atoms with Crippen LogP contribution in [0.4, 0.5) is 0 Å². The van der Waals surface area contributed by atoms with Gasteiger partial charge in [0.1, 0.15) is 5.76 Å². The van der Waals surface area contributed by atoms with Gasteiger partial charge in [0.05, 0.1) is 6.54 Å². The highest BCUT2D eigenvalue weighted by Gasteiger charge is 2.21. The highest BCUT2D eigenvalue weighted by Crippen LogP contribution is 2.14. The summed E-state index contributed by atoms with van der Waals surface area (Å²) in [6.45, 7) is 6.83. The number of hydrogen-bond donors (Lipinski definition) is 2. The van der Waals surface area contributed by atoms with Crippen molar-refractivity contribution < 1.29 is 17.6 Å². The van der Waals surface area contributed by atoms with Crippen LogP contribution in [-0.4, -0.2) is 34.2 Å². The minimum Gasteiger partial charge on any atom is -0.447 e. The predicted octanol–water partition coefficient (Wildman–Crippen LogP) is 1.48. The van der Waals surface area contributed by atoms with Gasteiger partial charge in [0.25, 0.3) is 10.0 Å². The predicted molar refractivity (Wildman–Crippen MR) is 77.0 cm³/mol. The van der Waals surface area contributed by atoms with E-state index in [1.165, 1.54) is 6.07 Å². The first-order chi connectivity index (χ1) is 9.35. The van der Waals surface area contributed by atoms with Crippen molar-refractivity contribution in [1.82, 2.24) is 10.0 Å². The summed E-state index contributed by atoms with van der Waals surface area (Å²) >= 11 is 0. The Kier molecular flexibility index (Phi) is 6.67. The maximum atomic E-state index is 12.1. The average molecular weight is 304 g/mol. The average Bonchev–Trinajstić information content (AvgIpc) is 2.83. The molecular weight excluding hydrogens is 280 g/mol. The first kappa shape index (κ1) is 17.2. The smallest absolute Gasteiger partial charge is 0.274 e. The summed E-state index contributed by atoms with van der Waals surface area (Å²) < 4.78 is 37.0. The monoisotopic (exact) mass is 304 g/mol. The van der Waals surface area contributed by atoms with Crippen LogP contribution in [0, 0.1) is 0 Å². The first-order valence-corrected chi connectivity index (χ1v) is 8.17. The fraction of sp³-hybridized carbons (Fsp3) is 0.692. The highest BCUT2D eigenvalue weighted by molar-refractivity contribution is 7.89. The van der Waals surface area contributed by atoms with Crippen LogP contribution in [0.3, 0.4) is 0 Å². The molecule has 0 bridgehead atoms. The molecule has 0 fully saturated rings. The number of sulfonamides is 1. The standard InChI is InChI=1S/C13H24N2O4S/c1-10(2)14-9-12-5-6-13(19-12)20(16,17)15-11(3)7-8-18-4/h5-6,10-11,14-15H,7-9H2,1-4H3. The van der Waals surface area contributed by atoms with E-state index in [4.69, 9.17) is 9.15 Å². The summed E-state index contributed by atoms with van der Waals surface area (Å²) in [5.41, 5.74) is 0. The zero-order chi connectivity index (χ0) is 15.2. The SMILES string of the molecule is COCCC(C)NS(=O)(=O)c1ccc(CNC(C)C)o1. The molecule has 1 unspecified atom stereocenters. The van der Waals surface area contributed by atoms with Gasteiger partial charge in [0, 0.05) is 25.8 Å². The summed E-state index contributed by atoms with van der Waals surface area (Å²) in [7, 11) is -2.02. The Morgan fingerprint density at radius 1 is 1.30 bits per heavy atom. The van der Waals surface area contributed by atoms with E-state index in [1.807, 2.05) is 13.8 Å². The normalized spacial score (nSPS) is 13.8.